The quantitative estimate of drug-likeness (QED) is 0.496. The number of aromatic hydroxyl groups is 1. The van der Waals surface area contributed by atoms with Crippen molar-refractivity contribution in [3.05, 3.63) is 42.1 Å². The van der Waals surface area contributed by atoms with E-state index in [2.05, 4.69) is 15.3 Å². The van der Waals surface area contributed by atoms with Crippen LogP contribution in [0.2, 0.25) is 0 Å². The number of rotatable bonds is 4. The van der Waals surface area contributed by atoms with Gasteiger partial charge < -0.3 is 15.3 Å². The maximum absolute atomic E-state index is 13.1. The van der Waals surface area contributed by atoms with Crippen LogP contribution in [0.5, 0.6) is 5.75 Å². The van der Waals surface area contributed by atoms with Crippen molar-refractivity contribution in [2.24, 2.45) is 7.05 Å². The Hall–Kier alpha value is -3.26. The van der Waals surface area contributed by atoms with Crippen LogP contribution >= 0.6 is 0 Å². The van der Waals surface area contributed by atoms with Crippen LogP contribution in [-0.2, 0) is 7.05 Å². The lowest BCUT2D eigenvalue weighted by atomic mass is 9.90. The van der Waals surface area contributed by atoms with Gasteiger partial charge in [-0.05, 0) is 56.5 Å². The number of alkyl halides is 1. The molecular formula is C25H27FN6O. The number of phenolic OH excluding ortho intramolecular Hbond substituents is 1. The van der Waals surface area contributed by atoms with Gasteiger partial charge in [-0.1, -0.05) is 0 Å². The molecule has 1 atom stereocenters. The highest BCUT2D eigenvalue weighted by Crippen LogP contribution is 2.36. The Labute approximate surface area is 191 Å². The van der Waals surface area contributed by atoms with Crippen LogP contribution in [0.25, 0.3) is 33.2 Å². The van der Waals surface area contributed by atoms with Crippen LogP contribution in [0, 0.1) is 6.92 Å². The summed E-state index contributed by atoms with van der Waals surface area (Å²) in [6.45, 7) is 3.70. The summed E-state index contributed by atoms with van der Waals surface area (Å²) in [5.41, 5.74) is 4.56. The zero-order valence-electron chi connectivity index (χ0n) is 18.8. The molecule has 33 heavy (non-hydrogen) atoms. The van der Waals surface area contributed by atoms with Gasteiger partial charge in [0.05, 0.1) is 22.2 Å². The Kier molecular flexibility index (Phi) is 4.72. The minimum Gasteiger partial charge on any atom is -0.507 e. The Balaban J connectivity index is 1.26. The molecule has 0 radical (unpaired) electrons. The van der Waals surface area contributed by atoms with E-state index in [1.165, 1.54) is 0 Å². The molecule has 1 saturated carbocycles. The Morgan fingerprint density at radius 1 is 1.09 bits per heavy atom. The Bertz CT molecular complexity index is 1360. The van der Waals surface area contributed by atoms with Gasteiger partial charge in [-0.15, -0.1) is 0 Å². The third-order valence-corrected chi connectivity index (χ3v) is 6.99. The topological polar surface area (TPSA) is 79.1 Å². The SMILES string of the molecule is Cc1c(O)c(-c2ccc3nc(N4CC[C@@H](NC5CC(F)C5)C4)ccc3n2)cc2cn(C)nc12. The lowest BCUT2D eigenvalue weighted by Gasteiger charge is -2.33. The molecule has 1 aliphatic carbocycles. The van der Waals surface area contributed by atoms with E-state index in [1.807, 2.05) is 50.5 Å². The predicted molar refractivity (Wildman–Crippen MR) is 127 cm³/mol. The average molecular weight is 447 g/mol. The second-order valence-electron chi connectivity index (χ2n) is 9.41. The summed E-state index contributed by atoms with van der Waals surface area (Å²) in [7, 11) is 1.87. The van der Waals surface area contributed by atoms with Gasteiger partial charge >= 0.3 is 0 Å². The fraction of sp³-hybridized carbons (Fsp3) is 0.400. The van der Waals surface area contributed by atoms with E-state index in [9.17, 15) is 9.50 Å². The number of aromatic nitrogens is 4. The molecule has 2 N–H and O–H groups in total. The van der Waals surface area contributed by atoms with Crippen molar-refractivity contribution in [3.8, 4) is 17.0 Å². The van der Waals surface area contributed by atoms with E-state index in [4.69, 9.17) is 9.97 Å². The molecule has 8 heteroatoms. The zero-order valence-corrected chi connectivity index (χ0v) is 18.8. The van der Waals surface area contributed by atoms with Crippen LogP contribution in [0.1, 0.15) is 24.8 Å². The van der Waals surface area contributed by atoms with Crippen molar-refractivity contribution in [1.29, 1.82) is 0 Å². The first-order valence-electron chi connectivity index (χ1n) is 11.5. The molecule has 170 valence electrons. The van der Waals surface area contributed by atoms with Gasteiger partial charge in [0, 0.05) is 54.9 Å². The maximum atomic E-state index is 13.1. The molecule has 6 rings (SSSR count). The second kappa shape index (κ2) is 7.66. The van der Waals surface area contributed by atoms with Gasteiger partial charge in [-0.3, -0.25) is 4.68 Å². The Morgan fingerprint density at radius 3 is 2.70 bits per heavy atom. The molecule has 1 aliphatic heterocycles. The number of phenols is 1. The number of aryl methyl sites for hydroxylation is 2. The van der Waals surface area contributed by atoms with Gasteiger partial charge in [-0.25, -0.2) is 14.4 Å². The molecule has 2 aliphatic rings. The number of fused-ring (bicyclic) bond motifs is 2. The first-order chi connectivity index (χ1) is 15.9. The minimum atomic E-state index is -0.628. The number of nitrogens with one attached hydrogen (secondary N) is 1. The molecule has 0 amide bonds. The summed E-state index contributed by atoms with van der Waals surface area (Å²) in [6.07, 6.45) is 3.64. The molecule has 2 fully saturated rings. The molecule has 0 spiro atoms. The molecule has 4 heterocycles. The molecule has 1 saturated heterocycles. The fourth-order valence-corrected chi connectivity index (χ4v) is 5.08. The van der Waals surface area contributed by atoms with Crippen LogP contribution in [0.15, 0.2) is 36.5 Å². The smallest absolute Gasteiger partial charge is 0.130 e. The first-order valence-corrected chi connectivity index (χ1v) is 11.5. The van der Waals surface area contributed by atoms with Crippen molar-refractivity contribution in [2.75, 3.05) is 18.0 Å². The van der Waals surface area contributed by atoms with Gasteiger partial charge in [0.1, 0.15) is 17.7 Å². The number of nitrogens with zero attached hydrogens (tertiary/aromatic N) is 5. The number of halogens is 1. The monoisotopic (exact) mass is 446 g/mol. The molecule has 0 bridgehead atoms. The summed E-state index contributed by atoms with van der Waals surface area (Å²) in [5.74, 6) is 1.15. The summed E-state index contributed by atoms with van der Waals surface area (Å²) in [4.78, 5) is 11.9. The molecule has 0 unspecified atom stereocenters. The normalized spacial score (nSPS) is 22.9. The van der Waals surface area contributed by atoms with Crippen molar-refractivity contribution >= 4 is 27.8 Å². The number of hydrogen-bond donors (Lipinski definition) is 2. The zero-order chi connectivity index (χ0) is 22.7. The highest BCUT2D eigenvalue weighted by molar-refractivity contribution is 5.91. The molecular weight excluding hydrogens is 419 g/mol. The highest BCUT2D eigenvalue weighted by atomic mass is 19.1. The van der Waals surface area contributed by atoms with Crippen LogP contribution in [-0.4, -0.2) is 56.2 Å². The largest absolute Gasteiger partial charge is 0.507 e. The Morgan fingerprint density at radius 2 is 1.88 bits per heavy atom. The lowest BCUT2D eigenvalue weighted by Crippen LogP contribution is -2.48. The second-order valence-corrected chi connectivity index (χ2v) is 9.41. The van der Waals surface area contributed by atoms with Crippen molar-refractivity contribution < 1.29 is 9.50 Å². The van der Waals surface area contributed by atoms with Gasteiger partial charge in [0.15, 0.2) is 0 Å². The van der Waals surface area contributed by atoms with E-state index in [0.29, 0.717) is 36.2 Å². The van der Waals surface area contributed by atoms with Gasteiger partial charge in [0.2, 0.25) is 0 Å². The van der Waals surface area contributed by atoms with Crippen LogP contribution in [0.3, 0.4) is 0 Å². The number of anilines is 1. The molecule has 4 aromatic rings. The predicted octanol–water partition coefficient (Wildman–Crippen LogP) is 3.87. The van der Waals surface area contributed by atoms with E-state index in [1.54, 1.807) is 4.68 Å². The van der Waals surface area contributed by atoms with E-state index in [-0.39, 0.29) is 5.75 Å². The number of benzene rings is 1. The summed E-state index contributed by atoms with van der Waals surface area (Å²) >= 11 is 0. The van der Waals surface area contributed by atoms with Crippen molar-refractivity contribution in [3.63, 3.8) is 0 Å². The molecule has 1 aromatic carbocycles. The minimum absolute atomic E-state index is 0.207. The average Bonchev–Trinajstić information content (AvgIpc) is 3.41. The van der Waals surface area contributed by atoms with Crippen molar-refractivity contribution in [2.45, 2.75) is 44.4 Å². The van der Waals surface area contributed by atoms with E-state index in [0.717, 1.165) is 52.8 Å². The summed E-state index contributed by atoms with van der Waals surface area (Å²) < 4.78 is 14.8. The molecule has 7 nitrogen and oxygen atoms in total. The highest BCUT2D eigenvalue weighted by Gasteiger charge is 2.33. The summed E-state index contributed by atoms with van der Waals surface area (Å²) in [6, 6.07) is 10.5. The van der Waals surface area contributed by atoms with Gasteiger partial charge in [0.25, 0.3) is 0 Å². The van der Waals surface area contributed by atoms with E-state index < -0.39 is 6.17 Å². The van der Waals surface area contributed by atoms with Crippen LogP contribution < -0.4 is 10.2 Å². The third kappa shape index (κ3) is 3.58. The summed E-state index contributed by atoms with van der Waals surface area (Å²) in [5, 5.41) is 19.8. The van der Waals surface area contributed by atoms with Gasteiger partial charge in [-0.2, -0.15) is 5.10 Å². The number of hydrogen-bond acceptors (Lipinski definition) is 6. The first kappa shape index (κ1) is 20.4. The van der Waals surface area contributed by atoms with E-state index >= 15 is 0 Å². The van der Waals surface area contributed by atoms with Crippen molar-refractivity contribution in [1.82, 2.24) is 25.1 Å². The molecule has 3 aromatic heterocycles. The lowest BCUT2D eigenvalue weighted by molar-refractivity contribution is 0.148. The standard InChI is InChI=1S/C25H27FN6O/c1-14-24-15(12-31(2)30-24)9-19(25(14)33)20-3-4-22-21(28-20)5-6-23(29-22)32-8-7-17(13-32)27-18-10-16(26)11-18/h3-6,9,12,16-18,27,33H,7-8,10-11,13H2,1-2H3/t16?,17-,18?/m1/s1. The number of pyridine rings is 2. The van der Waals surface area contributed by atoms with Crippen LogP contribution in [0.4, 0.5) is 10.2 Å². The fourth-order valence-electron chi connectivity index (χ4n) is 5.08. The maximum Gasteiger partial charge on any atom is 0.130 e. The third-order valence-electron chi connectivity index (χ3n) is 6.99.